The van der Waals surface area contributed by atoms with Gasteiger partial charge in [-0.15, -0.1) is 0 Å². The number of hydrogen-bond acceptors (Lipinski definition) is 5. The quantitative estimate of drug-likeness (QED) is 0.635. The summed E-state index contributed by atoms with van der Waals surface area (Å²) in [4.78, 5) is 12.5. The summed E-state index contributed by atoms with van der Waals surface area (Å²) >= 11 is 1.48. The van der Waals surface area contributed by atoms with E-state index in [9.17, 15) is 13.2 Å². The molecule has 158 valence electrons. The van der Waals surface area contributed by atoms with Crippen molar-refractivity contribution < 1.29 is 17.9 Å². The SMILES string of the molecule is COC(=O)C(CSCc1ccccc1)NS(=O)(=O)c1c(C)c(C)c(C)c(C)c1C. The number of esters is 1. The van der Waals surface area contributed by atoms with Crippen LogP contribution in [0.1, 0.15) is 33.4 Å². The summed E-state index contributed by atoms with van der Waals surface area (Å²) in [6, 6.07) is 8.87. The molecule has 1 N–H and O–H groups in total. The number of carbonyl (C=O) groups excluding carboxylic acids is 1. The Hall–Kier alpha value is -1.83. The van der Waals surface area contributed by atoms with E-state index in [2.05, 4.69) is 4.72 Å². The zero-order chi connectivity index (χ0) is 21.8. The minimum atomic E-state index is -3.90. The highest BCUT2D eigenvalue weighted by atomic mass is 32.2. The van der Waals surface area contributed by atoms with Gasteiger partial charge in [-0.3, -0.25) is 4.79 Å². The minimum Gasteiger partial charge on any atom is -0.468 e. The summed E-state index contributed by atoms with van der Waals surface area (Å²) in [7, 11) is -2.63. The van der Waals surface area contributed by atoms with Gasteiger partial charge in [0.2, 0.25) is 10.0 Å². The molecule has 0 fully saturated rings. The molecule has 5 nitrogen and oxygen atoms in total. The number of methoxy groups -OCH3 is 1. The number of rotatable bonds is 8. The molecule has 0 heterocycles. The predicted molar refractivity (Wildman–Crippen MR) is 119 cm³/mol. The van der Waals surface area contributed by atoms with Crippen LogP contribution < -0.4 is 4.72 Å². The molecule has 0 aliphatic heterocycles. The first-order valence-corrected chi connectivity index (χ1v) is 12.0. The summed E-state index contributed by atoms with van der Waals surface area (Å²) in [6.07, 6.45) is 0. The molecule has 7 heteroatoms. The zero-order valence-electron chi connectivity index (χ0n) is 17.8. The lowest BCUT2D eigenvalue weighted by molar-refractivity contribution is -0.141. The average molecular weight is 436 g/mol. The van der Waals surface area contributed by atoms with Gasteiger partial charge >= 0.3 is 5.97 Å². The Kier molecular flexibility index (Phi) is 7.91. The summed E-state index contributed by atoms with van der Waals surface area (Å²) in [5.41, 5.74) is 5.50. The number of ether oxygens (including phenoxy) is 1. The number of nitrogens with one attached hydrogen (secondary N) is 1. The molecule has 0 saturated heterocycles. The van der Waals surface area contributed by atoms with E-state index in [-0.39, 0.29) is 10.6 Å². The van der Waals surface area contributed by atoms with Gasteiger partial charge < -0.3 is 4.74 Å². The molecule has 0 bridgehead atoms. The lowest BCUT2D eigenvalue weighted by atomic mass is 9.95. The second kappa shape index (κ2) is 9.78. The van der Waals surface area contributed by atoms with Crippen molar-refractivity contribution in [3.8, 4) is 0 Å². The maximum absolute atomic E-state index is 13.2. The maximum Gasteiger partial charge on any atom is 0.324 e. The number of sulfonamides is 1. The highest BCUT2D eigenvalue weighted by Crippen LogP contribution is 2.29. The van der Waals surface area contributed by atoms with E-state index >= 15 is 0 Å². The van der Waals surface area contributed by atoms with Crippen molar-refractivity contribution in [2.24, 2.45) is 0 Å². The van der Waals surface area contributed by atoms with E-state index in [0.29, 0.717) is 16.9 Å². The van der Waals surface area contributed by atoms with Gasteiger partial charge in [0.1, 0.15) is 6.04 Å². The van der Waals surface area contributed by atoms with Crippen LogP contribution in [0.5, 0.6) is 0 Å². The first kappa shape index (κ1) is 23.4. The molecule has 2 aromatic carbocycles. The Bertz CT molecular complexity index is 957. The molecule has 0 spiro atoms. The van der Waals surface area contributed by atoms with Crippen LogP contribution in [0.4, 0.5) is 0 Å². The van der Waals surface area contributed by atoms with E-state index in [1.54, 1.807) is 13.8 Å². The van der Waals surface area contributed by atoms with Crippen molar-refractivity contribution in [2.45, 2.75) is 51.3 Å². The fraction of sp³-hybridized carbons (Fsp3) is 0.409. The molecule has 0 aliphatic rings. The van der Waals surface area contributed by atoms with Crippen LogP contribution in [0, 0.1) is 34.6 Å². The van der Waals surface area contributed by atoms with E-state index < -0.39 is 22.0 Å². The first-order chi connectivity index (χ1) is 13.6. The number of benzene rings is 2. The maximum atomic E-state index is 13.2. The fourth-order valence-electron chi connectivity index (χ4n) is 3.28. The standard InChI is InChI=1S/C22H29NO4S2/c1-14-15(2)17(4)21(18(5)16(14)3)29(25,26)23-20(22(24)27-6)13-28-12-19-10-8-7-9-11-19/h7-11,20,23H,12-13H2,1-6H3. The normalized spacial score (nSPS) is 12.6. The van der Waals surface area contributed by atoms with Crippen LogP contribution in [-0.2, 0) is 25.3 Å². The average Bonchev–Trinajstić information content (AvgIpc) is 2.70. The van der Waals surface area contributed by atoms with Crippen molar-refractivity contribution in [3.05, 3.63) is 63.7 Å². The van der Waals surface area contributed by atoms with Gasteiger partial charge in [-0.1, -0.05) is 30.3 Å². The molecule has 0 saturated carbocycles. The topological polar surface area (TPSA) is 72.5 Å². The zero-order valence-corrected chi connectivity index (χ0v) is 19.5. The van der Waals surface area contributed by atoms with Gasteiger partial charge in [-0.05, 0) is 68.0 Å². The Morgan fingerprint density at radius 1 is 0.966 bits per heavy atom. The molecule has 0 aromatic heterocycles. The Labute approximate surface area is 178 Å². The van der Waals surface area contributed by atoms with Gasteiger partial charge in [0.15, 0.2) is 0 Å². The molecular weight excluding hydrogens is 406 g/mol. The van der Waals surface area contributed by atoms with Crippen molar-refractivity contribution in [2.75, 3.05) is 12.9 Å². The molecule has 29 heavy (non-hydrogen) atoms. The number of hydrogen-bond donors (Lipinski definition) is 1. The third kappa shape index (κ3) is 5.41. The van der Waals surface area contributed by atoms with E-state index in [0.717, 1.165) is 22.3 Å². The van der Waals surface area contributed by atoms with E-state index in [4.69, 9.17) is 4.74 Å². The number of thioether (sulfide) groups is 1. The second-order valence-electron chi connectivity index (χ2n) is 7.15. The van der Waals surface area contributed by atoms with Gasteiger partial charge in [-0.25, -0.2) is 8.42 Å². The van der Waals surface area contributed by atoms with Crippen molar-refractivity contribution in [3.63, 3.8) is 0 Å². The Morgan fingerprint density at radius 3 is 2.00 bits per heavy atom. The van der Waals surface area contributed by atoms with E-state index in [1.807, 2.05) is 51.1 Å². The summed E-state index contributed by atoms with van der Waals surface area (Å²) in [5, 5.41) is 0. The van der Waals surface area contributed by atoms with Crippen molar-refractivity contribution >= 4 is 27.8 Å². The largest absolute Gasteiger partial charge is 0.468 e. The minimum absolute atomic E-state index is 0.250. The lowest BCUT2D eigenvalue weighted by Gasteiger charge is -2.21. The van der Waals surface area contributed by atoms with Gasteiger partial charge in [-0.2, -0.15) is 16.5 Å². The van der Waals surface area contributed by atoms with Crippen molar-refractivity contribution in [1.82, 2.24) is 4.72 Å². The van der Waals surface area contributed by atoms with Crippen LogP contribution in [-0.4, -0.2) is 33.3 Å². The Morgan fingerprint density at radius 2 is 1.48 bits per heavy atom. The van der Waals surface area contributed by atoms with Crippen LogP contribution in [0.2, 0.25) is 0 Å². The van der Waals surface area contributed by atoms with Crippen LogP contribution >= 0.6 is 11.8 Å². The summed E-state index contributed by atoms with van der Waals surface area (Å²) in [6.45, 7) is 9.44. The number of carbonyl (C=O) groups is 1. The third-order valence-electron chi connectivity index (χ3n) is 5.38. The Balaban J connectivity index is 2.27. The van der Waals surface area contributed by atoms with Gasteiger partial charge in [0, 0.05) is 11.5 Å². The van der Waals surface area contributed by atoms with Crippen LogP contribution in [0.25, 0.3) is 0 Å². The van der Waals surface area contributed by atoms with Gasteiger partial charge in [0.25, 0.3) is 0 Å². The molecule has 1 unspecified atom stereocenters. The predicted octanol–water partition coefficient (Wildman–Crippen LogP) is 3.98. The smallest absolute Gasteiger partial charge is 0.324 e. The molecule has 0 amide bonds. The van der Waals surface area contributed by atoms with E-state index in [1.165, 1.54) is 18.9 Å². The monoisotopic (exact) mass is 435 g/mol. The molecule has 0 aliphatic carbocycles. The fourth-order valence-corrected chi connectivity index (χ4v) is 6.17. The van der Waals surface area contributed by atoms with Gasteiger partial charge in [0.05, 0.1) is 12.0 Å². The first-order valence-electron chi connectivity index (χ1n) is 9.39. The molecule has 2 rings (SSSR count). The summed E-state index contributed by atoms with van der Waals surface area (Å²) in [5.74, 6) is 0.365. The molecule has 2 aromatic rings. The molecule has 1 atom stereocenters. The lowest BCUT2D eigenvalue weighted by Crippen LogP contribution is -2.43. The van der Waals surface area contributed by atoms with Crippen molar-refractivity contribution in [1.29, 1.82) is 0 Å². The molecular formula is C22H29NO4S2. The highest BCUT2D eigenvalue weighted by Gasteiger charge is 2.30. The van der Waals surface area contributed by atoms with Crippen LogP contribution in [0.15, 0.2) is 35.2 Å². The third-order valence-corrected chi connectivity index (χ3v) is 8.23. The molecule has 0 radical (unpaired) electrons. The highest BCUT2D eigenvalue weighted by molar-refractivity contribution is 7.98. The summed E-state index contributed by atoms with van der Waals surface area (Å²) < 4.78 is 33.9. The second-order valence-corrected chi connectivity index (χ2v) is 9.83. The van der Waals surface area contributed by atoms with Crippen LogP contribution in [0.3, 0.4) is 0 Å².